The van der Waals surface area contributed by atoms with E-state index >= 15 is 0 Å². The highest BCUT2D eigenvalue weighted by Gasteiger charge is 2.08. The van der Waals surface area contributed by atoms with Gasteiger partial charge in [-0.2, -0.15) is 0 Å². The lowest BCUT2D eigenvalue weighted by Crippen LogP contribution is -2.30. The quantitative estimate of drug-likeness (QED) is 0.766. The van der Waals surface area contributed by atoms with Crippen LogP contribution in [0.3, 0.4) is 0 Å². The Morgan fingerprint density at radius 1 is 1.20 bits per heavy atom. The zero-order valence-electron chi connectivity index (χ0n) is 11.3. The van der Waals surface area contributed by atoms with Gasteiger partial charge in [-0.15, -0.1) is 11.8 Å². The summed E-state index contributed by atoms with van der Waals surface area (Å²) in [4.78, 5) is 1.25. The third-order valence-corrected chi connectivity index (χ3v) is 4.70. The highest BCUT2D eigenvalue weighted by Crippen LogP contribution is 2.23. The van der Waals surface area contributed by atoms with Crippen LogP contribution in [0.4, 0.5) is 4.39 Å². The maximum absolute atomic E-state index is 12.9. The summed E-state index contributed by atoms with van der Waals surface area (Å²) in [5.74, 6) is 0.794. The molecule has 1 N–H and O–H groups in total. The fourth-order valence-corrected chi connectivity index (χ4v) is 3.52. The zero-order valence-corrected chi connectivity index (χ0v) is 13.7. The molecule has 0 heterocycles. The number of rotatable bonds is 6. The Bertz CT molecular complexity index is 544. The van der Waals surface area contributed by atoms with E-state index in [-0.39, 0.29) is 5.82 Å². The molecular formula is C16H17BrFNS. The fraction of sp³-hybridized carbons (Fsp3) is 0.250. The van der Waals surface area contributed by atoms with Gasteiger partial charge in [0.05, 0.1) is 0 Å². The van der Waals surface area contributed by atoms with Crippen LogP contribution in [0.1, 0.15) is 5.56 Å². The highest BCUT2D eigenvalue weighted by atomic mass is 79.9. The van der Waals surface area contributed by atoms with Gasteiger partial charge in [0.1, 0.15) is 5.82 Å². The Morgan fingerprint density at radius 3 is 2.60 bits per heavy atom. The van der Waals surface area contributed by atoms with Crippen molar-refractivity contribution in [2.45, 2.75) is 17.4 Å². The summed E-state index contributed by atoms with van der Waals surface area (Å²) < 4.78 is 14.0. The van der Waals surface area contributed by atoms with Crippen molar-refractivity contribution < 1.29 is 4.39 Å². The average molecular weight is 354 g/mol. The van der Waals surface area contributed by atoms with Crippen molar-refractivity contribution in [1.82, 2.24) is 5.32 Å². The van der Waals surface area contributed by atoms with E-state index in [1.54, 1.807) is 0 Å². The molecule has 1 nitrogen and oxygen atoms in total. The molecule has 0 saturated carbocycles. The molecule has 0 fully saturated rings. The first kappa shape index (κ1) is 15.5. The van der Waals surface area contributed by atoms with Crippen molar-refractivity contribution in [3.8, 4) is 0 Å². The number of halogens is 2. The lowest BCUT2D eigenvalue weighted by Gasteiger charge is -2.16. The van der Waals surface area contributed by atoms with Gasteiger partial charge < -0.3 is 5.32 Å². The summed E-state index contributed by atoms with van der Waals surface area (Å²) in [5, 5.41) is 3.32. The summed E-state index contributed by atoms with van der Waals surface area (Å²) in [6.45, 7) is 0. The Kier molecular flexibility index (Phi) is 6.07. The van der Waals surface area contributed by atoms with Crippen LogP contribution in [0, 0.1) is 5.82 Å². The molecule has 0 bridgehead atoms. The zero-order chi connectivity index (χ0) is 14.4. The second-order valence-electron chi connectivity index (χ2n) is 4.58. The van der Waals surface area contributed by atoms with Crippen LogP contribution in [0.15, 0.2) is 57.9 Å². The predicted molar refractivity (Wildman–Crippen MR) is 87.8 cm³/mol. The van der Waals surface area contributed by atoms with Gasteiger partial charge in [0.2, 0.25) is 0 Å². The van der Waals surface area contributed by atoms with Gasteiger partial charge in [-0.05, 0) is 49.4 Å². The maximum atomic E-state index is 12.9. The third kappa shape index (κ3) is 4.93. The largest absolute Gasteiger partial charge is 0.316 e. The van der Waals surface area contributed by atoms with Gasteiger partial charge in [0.15, 0.2) is 0 Å². The molecule has 2 rings (SSSR count). The van der Waals surface area contributed by atoms with Crippen molar-refractivity contribution in [3.63, 3.8) is 0 Å². The Balaban J connectivity index is 1.90. The summed E-state index contributed by atoms with van der Waals surface area (Å²) >= 11 is 5.31. The molecule has 0 aliphatic rings. The van der Waals surface area contributed by atoms with E-state index in [1.807, 2.05) is 43.1 Å². The first-order chi connectivity index (χ1) is 9.67. The van der Waals surface area contributed by atoms with E-state index in [0.717, 1.165) is 22.2 Å². The summed E-state index contributed by atoms with van der Waals surface area (Å²) in [7, 11) is 1.97. The third-order valence-electron chi connectivity index (χ3n) is 3.05. The summed E-state index contributed by atoms with van der Waals surface area (Å²) in [6, 6.07) is 15.4. The smallest absolute Gasteiger partial charge is 0.123 e. The van der Waals surface area contributed by atoms with E-state index in [0.29, 0.717) is 6.04 Å². The molecule has 1 atom stereocenters. The Morgan fingerprint density at radius 2 is 1.95 bits per heavy atom. The van der Waals surface area contributed by atoms with E-state index in [2.05, 4.69) is 33.4 Å². The van der Waals surface area contributed by atoms with Crippen molar-refractivity contribution in [3.05, 3.63) is 64.4 Å². The number of nitrogens with one attached hydrogen (secondary N) is 1. The number of hydrogen-bond acceptors (Lipinski definition) is 2. The van der Waals surface area contributed by atoms with Crippen molar-refractivity contribution in [2.75, 3.05) is 12.8 Å². The molecule has 0 amide bonds. The van der Waals surface area contributed by atoms with E-state index in [4.69, 9.17) is 0 Å². The Labute approximate surface area is 132 Å². The molecule has 2 aromatic rings. The molecule has 0 aromatic heterocycles. The Hall–Kier alpha value is -0.840. The molecule has 0 radical (unpaired) electrons. The van der Waals surface area contributed by atoms with Gasteiger partial charge in [0, 0.05) is 21.2 Å². The molecule has 4 heteroatoms. The summed E-state index contributed by atoms with van der Waals surface area (Å²) in [6.07, 6.45) is 0.901. The molecule has 0 aliphatic heterocycles. The lowest BCUT2D eigenvalue weighted by atomic mass is 10.1. The number of thioether (sulfide) groups is 1. The monoisotopic (exact) mass is 353 g/mol. The van der Waals surface area contributed by atoms with Crippen molar-refractivity contribution in [1.29, 1.82) is 0 Å². The lowest BCUT2D eigenvalue weighted by molar-refractivity contribution is 0.609. The van der Waals surface area contributed by atoms with Gasteiger partial charge in [-0.3, -0.25) is 0 Å². The predicted octanol–water partition coefficient (Wildman–Crippen LogP) is 4.51. The van der Waals surface area contributed by atoms with Crippen LogP contribution >= 0.6 is 27.7 Å². The highest BCUT2D eigenvalue weighted by molar-refractivity contribution is 9.10. The molecule has 1 unspecified atom stereocenters. The van der Waals surface area contributed by atoms with Gasteiger partial charge in [0.25, 0.3) is 0 Å². The van der Waals surface area contributed by atoms with Crippen LogP contribution in [0.25, 0.3) is 0 Å². The molecular weight excluding hydrogens is 337 g/mol. The topological polar surface area (TPSA) is 12.0 Å². The molecule has 20 heavy (non-hydrogen) atoms. The van der Waals surface area contributed by atoms with E-state index < -0.39 is 0 Å². The molecule has 0 spiro atoms. The standard InChI is InChI=1S/C16H17BrFNS/c1-19-15(9-12-5-7-14(18)8-6-12)11-20-16-4-2-3-13(17)10-16/h2-8,10,15,19H,9,11H2,1H3. The molecule has 0 aliphatic carbocycles. The summed E-state index contributed by atoms with van der Waals surface area (Å²) in [5.41, 5.74) is 1.15. The first-order valence-corrected chi connectivity index (χ1v) is 8.25. The normalized spacial score (nSPS) is 12.3. The molecule has 2 aromatic carbocycles. The number of likely N-dealkylation sites (N-methyl/N-ethyl adjacent to an activating group) is 1. The van der Waals surface area contributed by atoms with Crippen LogP contribution in [-0.4, -0.2) is 18.8 Å². The van der Waals surface area contributed by atoms with Crippen LogP contribution < -0.4 is 5.32 Å². The van der Waals surface area contributed by atoms with Gasteiger partial charge in [-0.25, -0.2) is 4.39 Å². The van der Waals surface area contributed by atoms with E-state index in [1.165, 1.54) is 17.0 Å². The molecule has 0 saturated heterocycles. The van der Waals surface area contributed by atoms with Gasteiger partial charge >= 0.3 is 0 Å². The van der Waals surface area contributed by atoms with E-state index in [9.17, 15) is 4.39 Å². The first-order valence-electron chi connectivity index (χ1n) is 6.47. The maximum Gasteiger partial charge on any atom is 0.123 e. The number of hydrogen-bond donors (Lipinski definition) is 1. The SMILES string of the molecule is CNC(CSc1cccc(Br)c1)Cc1ccc(F)cc1. The minimum atomic E-state index is -0.182. The molecule has 106 valence electrons. The number of benzene rings is 2. The second kappa shape index (κ2) is 7.81. The van der Waals surface area contributed by atoms with Crippen LogP contribution in [-0.2, 0) is 6.42 Å². The van der Waals surface area contributed by atoms with Crippen molar-refractivity contribution in [2.24, 2.45) is 0 Å². The second-order valence-corrected chi connectivity index (χ2v) is 6.59. The minimum absolute atomic E-state index is 0.182. The fourth-order valence-electron chi connectivity index (χ4n) is 1.90. The van der Waals surface area contributed by atoms with Crippen molar-refractivity contribution >= 4 is 27.7 Å². The van der Waals surface area contributed by atoms with Gasteiger partial charge in [-0.1, -0.05) is 34.1 Å². The van der Waals surface area contributed by atoms with Crippen LogP contribution in [0.5, 0.6) is 0 Å². The average Bonchev–Trinajstić information content (AvgIpc) is 2.45. The van der Waals surface area contributed by atoms with Crippen LogP contribution in [0.2, 0.25) is 0 Å². The minimum Gasteiger partial charge on any atom is -0.316 e.